The lowest BCUT2D eigenvalue weighted by molar-refractivity contribution is -0.138. The highest BCUT2D eigenvalue weighted by Gasteiger charge is 2.19. The van der Waals surface area contributed by atoms with E-state index in [2.05, 4.69) is 0 Å². The van der Waals surface area contributed by atoms with Crippen LogP contribution in [0, 0.1) is 6.92 Å². The quantitative estimate of drug-likeness (QED) is 0.882. The van der Waals surface area contributed by atoms with Gasteiger partial charge in [-0.3, -0.25) is 4.79 Å². The Morgan fingerprint density at radius 1 is 1.20 bits per heavy atom. The summed E-state index contributed by atoms with van der Waals surface area (Å²) in [5, 5.41) is 10.1. The highest BCUT2D eigenvalue weighted by atomic mass is 35.5. The fourth-order valence-electron chi connectivity index (χ4n) is 2.27. The first-order valence-electron chi connectivity index (χ1n) is 6.60. The van der Waals surface area contributed by atoms with Gasteiger partial charge in [-0.2, -0.15) is 0 Å². The summed E-state index contributed by atoms with van der Waals surface area (Å²) in [5.74, 6) is -1.28. The van der Waals surface area contributed by atoms with Crippen LogP contribution in [0.1, 0.15) is 29.0 Å². The maximum Gasteiger partial charge on any atom is 0.310 e. The van der Waals surface area contributed by atoms with Gasteiger partial charge < -0.3 is 5.11 Å². The van der Waals surface area contributed by atoms with Crippen LogP contribution in [0.25, 0.3) is 0 Å². The molecule has 0 aliphatic carbocycles. The largest absolute Gasteiger partial charge is 0.481 e. The summed E-state index contributed by atoms with van der Waals surface area (Å²) in [4.78, 5) is 11.4. The van der Waals surface area contributed by atoms with Crippen LogP contribution in [0.15, 0.2) is 48.5 Å². The van der Waals surface area contributed by atoms with Crippen LogP contribution < -0.4 is 0 Å². The number of hydrogen-bond acceptors (Lipinski definition) is 1. The number of carbonyl (C=O) groups is 1. The molecule has 0 saturated carbocycles. The minimum atomic E-state index is -0.792. The molecule has 0 aliphatic heterocycles. The molecule has 0 amide bonds. The van der Waals surface area contributed by atoms with E-state index in [1.165, 1.54) is 0 Å². The standard InChI is InChI=1S/C17H17ClO2/c1-12-7-8-14(16(18)11-12)9-10-15(17(19)20)13-5-3-2-4-6-13/h2-8,11,15H,9-10H2,1H3,(H,19,20). The van der Waals surface area contributed by atoms with Crippen LogP contribution >= 0.6 is 11.6 Å². The van der Waals surface area contributed by atoms with Gasteiger partial charge in [0, 0.05) is 5.02 Å². The van der Waals surface area contributed by atoms with Crippen LogP contribution in [0.3, 0.4) is 0 Å². The summed E-state index contributed by atoms with van der Waals surface area (Å²) in [6.07, 6.45) is 1.20. The van der Waals surface area contributed by atoms with Crippen molar-refractivity contribution in [2.24, 2.45) is 0 Å². The fraction of sp³-hybridized carbons (Fsp3) is 0.235. The van der Waals surface area contributed by atoms with Crippen LogP contribution in [0.4, 0.5) is 0 Å². The predicted molar refractivity (Wildman–Crippen MR) is 81.3 cm³/mol. The highest BCUT2D eigenvalue weighted by Crippen LogP contribution is 2.25. The maximum atomic E-state index is 11.4. The molecule has 20 heavy (non-hydrogen) atoms. The topological polar surface area (TPSA) is 37.3 Å². The molecule has 2 aromatic rings. The summed E-state index contributed by atoms with van der Waals surface area (Å²) in [6.45, 7) is 1.99. The van der Waals surface area contributed by atoms with Crippen molar-refractivity contribution in [3.63, 3.8) is 0 Å². The van der Waals surface area contributed by atoms with E-state index in [9.17, 15) is 9.90 Å². The van der Waals surface area contributed by atoms with E-state index in [4.69, 9.17) is 11.6 Å². The Kier molecular flexibility index (Phi) is 4.80. The average molecular weight is 289 g/mol. The van der Waals surface area contributed by atoms with Gasteiger partial charge in [-0.1, -0.05) is 54.1 Å². The Bertz CT molecular complexity index is 593. The lowest BCUT2D eigenvalue weighted by atomic mass is 9.92. The van der Waals surface area contributed by atoms with E-state index in [1.54, 1.807) is 0 Å². The zero-order valence-corrected chi connectivity index (χ0v) is 12.1. The van der Waals surface area contributed by atoms with Gasteiger partial charge in [-0.15, -0.1) is 0 Å². The van der Waals surface area contributed by atoms with Gasteiger partial charge in [0.25, 0.3) is 0 Å². The molecule has 3 heteroatoms. The number of hydrogen-bond donors (Lipinski definition) is 1. The molecule has 2 aromatic carbocycles. The molecule has 0 aromatic heterocycles. The molecular formula is C17H17ClO2. The molecule has 0 spiro atoms. The van der Waals surface area contributed by atoms with Crippen molar-refractivity contribution in [2.75, 3.05) is 0 Å². The lowest BCUT2D eigenvalue weighted by Gasteiger charge is -2.13. The number of carboxylic acids is 1. The fourth-order valence-corrected chi connectivity index (χ4v) is 2.60. The number of benzene rings is 2. The molecule has 1 unspecified atom stereocenters. The Morgan fingerprint density at radius 2 is 1.90 bits per heavy atom. The number of aryl methyl sites for hydroxylation is 2. The van der Waals surface area contributed by atoms with Gasteiger partial charge in [0.2, 0.25) is 0 Å². The van der Waals surface area contributed by atoms with E-state index < -0.39 is 11.9 Å². The van der Waals surface area contributed by atoms with Gasteiger partial charge in [0.1, 0.15) is 0 Å². The first-order chi connectivity index (χ1) is 9.58. The summed E-state index contributed by atoms with van der Waals surface area (Å²) < 4.78 is 0. The van der Waals surface area contributed by atoms with E-state index in [0.29, 0.717) is 17.9 Å². The normalized spacial score (nSPS) is 12.1. The summed E-state index contributed by atoms with van der Waals surface area (Å²) in [5.41, 5.74) is 2.94. The van der Waals surface area contributed by atoms with Gasteiger partial charge in [0.05, 0.1) is 5.92 Å². The molecule has 0 fully saturated rings. The molecule has 1 atom stereocenters. The number of rotatable bonds is 5. The molecule has 0 aliphatic rings. The zero-order valence-electron chi connectivity index (χ0n) is 11.3. The third-order valence-electron chi connectivity index (χ3n) is 3.41. The van der Waals surface area contributed by atoms with E-state index in [-0.39, 0.29) is 0 Å². The monoisotopic (exact) mass is 288 g/mol. The first-order valence-corrected chi connectivity index (χ1v) is 6.98. The van der Waals surface area contributed by atoms with Crippen LogP contribution in [-0.4, -0.2) is 11.1 Å². The lowest BCUT2D eigenvalue weighted by Crippen LogP contribution is -2.12. The van der Waals surface area contributed by atoms with Crippen molar-refractivity contribution in [1.82, 2.24) is 0 Å². The van der Waals surface area contributed by atoms with Crippen LogP contribution in [-0.2, 0) is 11.2 Å². The predicted octanol–water partition coefficient (Wildman–Crippen LogP) is 4.45. The molecule has 0 heterocycles. The number of carboxylic acid groups (broad SMARTS) is 1. The first kappa shape index (κ1) is 14.6. The molecule has 0 saturated heterocycles. The smallest absolute Gasteiger partial charge is 0.310 e. The Morgan fingerprint density at radius 3 is 2.50 bits per heavy atom. The third-order valence-corrected chi connectivity index (χ3v) is 3.76. The maximum absolute atomic E-state index is 11.4. The van der Waals surface area contributed by atoms with Crippen LogP contribution in [0.2, 0.25) is 5.02 Å². The Hall–Kier alpha value is -1.80. The highest BCUT2D eigenvalue weighted by molar-refractivity contribution is 6.31. The van der Waals surface area contributed by atoms with Crippen molar-refractivity contribution in [1.29, 1.82) is 0 Å². The molecule has 0 radical (unpaired) electrons. The molecule has 2 rings (SSSR count). The second-order valence-corrected chi connectivity index (χ2v) is 5.34. The van der Waals surface area contributed by atoms with Crippen molar-refractivity contribution >= 4 is 17.6 Å². The van der Waals surface area contributed by atoms with E-state index >= 15 is 0 Å². The third kappa shape index (κ3) is 3.61. The molecular weight excluding hydrogens is 272 g/mol. The van der Waals surface area contributed by atoms with Gasteiger partial charge in [0.15, 0.2) is 0 Å². The van der Waals surface area contributed by atoms with Crippen molar-refractivity contribution in [3.8, 4) is 0 Å². The van der Waals surface area contributed by atoms with E-state index in [1.807, 2.05) is 55.5 Å². The second kappa shape index (κ2) is 6.58. The summed E-state index contributed by atoms with van der Waals surface area (Å²) in [6, 6.07) is 15.2. The van der Waals surface area contributed by atoms with Gasteiger partial charge >= 0.3 is 5.97 Å². The Balaban J connectivity index is 2.12. The van der Waals surface area contributed by atoms with E-state index in [0.717, 1.165) is 16.7 Å². The molecule has 104 valence electrons. The SMILES string of the molecule is Cc1ccc(CCC(C(=O)O)c2ccccc2)c(Cl)c1. The van der Waals surface area contributed by atoms with Crippen LogP contribution in [0.5, 0.6) is 0 Å². The molecule has 2 nitrogen and oxygen atoms in total. The minimum Gasteiger partial charge on any atom is -0.481 e. The van der Waals surface area contributed by atoms with Crippen molar-refractivity contribution in [2.45, 2.75) is 25.7 Å². The van der Waals surface area contributed by atoms with Gasteiger partial charge in [-0.05, 0) is 42.5 Å². The Labute approximate surface area is 124 Å². The summed E-state index contributed by atoms with van der Waals surface area (Å²) >= 11 is 6.19. The molecule has 0 bridgehead atoms. The average Bonchev–Trinajstić information content (AvgIpc) is 2.42. The van der Waals surface area contributed by atoms with Crippen molar-refractivity contribution < 1.29 is 9.90 Å². The summed E-state index contributed by atoms with van der Waals surface area (Å²) in [7, 11) is 0. The minimum absolute atomic E-state index is 0.492. The zero-order chi connectivity index (χ0) is 14.5. The molecule has 1 N–H and O–H groups in total. The van der Waals surface area contributed by atoms with Gasteiger partial charge in [-0.25, -0.2) is 0 Å². The van der Waals surface area contributed by atoms with Crippen molar-refractivity contribution in [3.05, 3.63) is 70.2 Å². The number of aliphatic carboxylic acids is 1. The second-order valence-electron chi connectivity index (χ2n) is 4.94. The number of halogens is 1.